The molecule has 5 nitrogen and oxygen atoms in total. The third-order valence-corrected chi connectivity index (χ3v) is 3.63. The first-order chi connectivity index (χ1) is 9.90. The predicted octanol–water partition coefficient (Wildman–Crippen LogP) is 4.06. The number of halogens is 2. The van der Waals surface area contributed by atoms with E-state index in [2.05, 4.69) is 21.2 Å². The Bertz CT molecular complexity index is 734. The Labute approximate surface area is 128 Å². The second kappa shape index (κ2) is 6.01. The molecule has 0 bridgehead atoms. The number of nitrogens with zero attached hydrogens (tertiary/aromatic N) is 1. The first-order valence-corrected chi connectivity index (χ1v) is 6.70. The summed E-state index contributed by atoms with van der Waals surface area (Å²) in [5, 5.41) is 13.2. The van der Waals surface area contributed by atoms with Crippen LogP contribution in [-0.2, 0) is 0 Å². The quantitative estimate of drug-likeness (QED) is 0.668. The zero-order chi connectivity index (χ0) is 15.6. The molecule has 108 valence electrons. The molecular weight excluding hydrogens is 343 g/mol. The summed E-state index contributed by atoms with van der Waals surface area (Å²) in [4.78, 5) is 22.3. The average Bonchev–Trinajstić information content (AvgIpc) is 2.41. The third-order valence-electron chi connectivity index (χ3n) is 2.79. The standard InChI is InChI=1S/C14H10BrFN2O3/c1-8-5-6-11(10(16)7-8)17-14(19)9-3-2-4-12(13(9)15)18(20)21/h2-7H,1H3,(H,17,19). The molecule has 1 amide bonds. The summed E-state index contributed by atoms with van der Waals surface area (Å²) >= 11 is 3.03. The zero-order valence-corrected chi connectivity index (χ0v) is 12.5. The number of carbonyl (C=O) groups excluding carboxylic acids is 1. The molecule has 2 rings (SSSR count). The van der Waals surface area contributed by atoms with Crippen LogP contribution in [0.4, 0.5) is 15.8 Å². The van der Waals surface area contributed by atoms with E-state index in [0.29, 0.717) is 0 Å². The molecule has 0 fully saturated rings. The number of nitro groups is 1. The number of anilines is 1. The molecule has 0 radical (unpaired) electrons. The van der Waals surface area contributed by atoms with Crippen LogP contribution >= 0.6 is 15.9 Å². The molecule has 0 aliphatic carbocycles. The highest BCUT2D eigenvalue weighted by molar-refractivity contribution is 9.10. The summed E-state index contributed by atoms with van der Waals surface area (Å²) in [5.41, 5.74) is 0.572. The summed E-state index contributed by atoms with van der Waals surface area (Å²) < 4.78 is 13.8. The van der Waals surface area contributed by atoms with Gasteiger partial charge in [0.1, 0.15) is 10.3 Å². The summed E-state index contributed by atoms with van der Waals surface area (Å²) in [5.74, 6) is -1.20. The monoisotopic (exact) mass is 352 g/mol. The summed E-state index contributed by atoms with van der Waals surface area (Å²) in [6, 6.07) is 8.46. The highest BCUT2D eigenvalue weighted by Crippen LogP contribution is 2.29. The van der Waals surface area contributed by atoms with E-state index in [9.17, 15) is 19.3 Å². The Morgan fingerprint density at radius 1 is 1.33 bits per heavy atom. The van der Waals surface area contributed by atoms with Crippen LogP contribution in [-0.4, -0.2) is 10.8 Å². The lowest BCUT2D eigenvalue weighted by Gasteiger charge is -2.08. The first-order valence-electron chi connectivity index (χ1n) is 5.90. The summed E-state index contributed by atoms with van der Waals surface area (Å²) in [6.07, 6.45) is 0. The lowest BCUT2D eigenvalue weighted by Crippen LogP contribution is -2.14. The van der Waals surface area contributed by atoms with Crippen LogP contribution in [0.3, 0.4) is 0 Å². The summed E-state index contributed by atoms with van der Waals surface area (Å²) in [6.45, 7) is 1.73. The molecule has 1 N–H and O–H groups in total. The van der Waals surface area contributed by atoms with Crippen LogP contribution in [0.25, 0.3) is 0 Å². The topological polar surface area (TPSA) is 72.2 Å². The minimum Gasteiger partial charge on any atom is -0.319 e. The number of nitrogens with one attached hydrogen (secondary N) is 1. The van der Waals surface area contributed by atoms with Crippen LogP contribution in [0.2, 0.25) is 0 Å². The maximum absolute atomic E-state index is 13.7. The molecular formula is C14H10BrFN2O3. The van der Waals surface area contributed by atoms with Crippen LogP contribution < -0.4 is 5.32 Å². The molecule has 0 spiro atoms. The van der Waals surface area contributed by atoms with E-state index >= 15 is 0 Å². The number of amides is 1. The van der Waals surface area contributed by atoms with Crippen molar-refractivity contribution in [1.29, 1.82) is 0 Å². The first kappa shape index (κ1) is 15.1. The molecule has 0 aromatic heterocycles. The van der Waals surface area contributed by atoms with Gasteiger partial charge in [-0.15, -0.1) is 0 Å². The molecule has 2 aromatic carbocycles. The molecule has 0 saturated carbocycles. The molecule has 0 aliphatic heterocycles. The predicted molar refractivity (Wildman–Crippen MR) is 79.9 cm³/mol. The molecule has 21 heavy (non-hydrogen) atoms. The van der Waals surface area contributed by atoms with Crippen molar-refractivity contribution in [3.8, 4) is 0 Å². The lowest BCUT2D eigenvalue weighted by atomic mass is 10.1. The molecule has 0 atom stereocenters. The minimum atomic E-state index is -0.631. The van der Waals surface area contributed by atoms with Crippen molar-refractivity contribution in [2.24, 2.45) is 0 Å². The van der Waals surface area contributed by atoms with Crippen LogP contribution in [0.1, 0.15) is 15.9 Å². The Balaban J connectivity index is 2.33. The van der Waals surface area contributed by atoms with E-state index < -0.39 is 16.6 Å². The molecule has 2 aromatic rings. The average molecular weight is 353 g/mol. The van der Waals surface area contributed by atoms with E-state index in [4.69, 9.17) is 0 Å². The Hall–Kier alpha value is -2.28. The number of rotatable bonds is 3. The Morgan fingerprint density at radius 3 is 2.67 bits per heavy atom. The van der Waals surface area contributed by atoms with Crippen molar-refractivity contribution in [3.05, 3.63) is 67.9 Å². The van der Waals surface area contributed by atoms with Gasteiger partial charge in [-0.25, -0.2) is 4.39 Å². The highest BCUT2D eigenvalue weighted by atomic mass is 79.9. The van der Waals surface area contributed by atoms with E-state index in [1.165, 1.54) is 30.3 Å². The highest BCUT2D eigenvalue weighted by Gasteiger charge is 2.20. The smallest absolute Gasteiger partial charge is 0.284 e. The zero-order valence-electron chi connectivity index (χ0n) is 10.9. The van der Waals surface area contributed by atoms with Gasteiger partial charge in [0.2, 0.25) is 0 Å². The third kappa shape index (κ3) is 3.25. The lowest BCUT2D eigenvalue weighted by molar-refractivity contribution is -0.385. The molecule has 0 heterocycles. The summed E-state index contributed by atoms with van der Waals surface area (Å²) in [7, 11) is 0. The van der Waals surface area contributed by atoms with E-state index in [-0.39, 0.29) is 21.4 Å². The van der Waals surface area contributed by atoms with Crippen LogP contribution in [0, 0.1) is 22.9 Å². The maximum atomic E-state index is 13.7. The van der Waals surface area contributed by atoms with Gasteiger partial charge in [-0.1, -0.05) is 12.1 Å². The van der Waals surface area contributed by atoms with Crippen molar-refractivity contribution in [3.63, 3.8) is 0 Å². The van der Waals surface area contributed by atoms with E-state index in [0.717, 1.165) is 5.56 Å². The van der Waals surface area contributed by atoms with Crippen LogP contribution in [0.5, 0.6) is 0 Å². The van der Waals surface area contributed by atoms with E-state index in [1.54, 1.807) is 13.0 Å². The number of benzene rings is 2. The number of aryl methyl sites for hydroxylation is 1. The van der Waals surface area contributed by atoms with Gasteiger partial charge in [-0.05, 0) is 46.6 Å². The van der Waals surface area contributed by atoms with Gasteiger partial charge >= 0.3 is 0 Å². The Morgan fingerprint density at radius 2 is 2.05 bits per heavy atom. The van der Waals surface area contributed by atoms with Crippen molar-refractivity contribution >= 4 is 33.2 Å². The SMILES string of the molecule is Cc1ccc(NC(=O)c2cccc([N+](=O)[O-])c2Br)c(F)c1. The van der Waals surface area contributed by atoms with Crippen LogP contribution in [0.15, 0.2) is 40.9 Å². The molecule has 0 unspecified atom stereocenters. The fourth-order valence-electron chi connectivity index (χ4n) is 1.75. The number of hydrogen-bond acceptors (Lipinski definition) is 3. The second-order valence-electron chi connectivity index (χ2n) is 4.33. The number of hydrogen-bond donors (Lipinski definition) is 1. The molecule has 0 aliphatic rings. The molecule has 7 heteroatoms. The van der Waals surface area contributed by atoms with Crippen molar-refractivity contribution in [1.82, 2.24) is 0 Å². The van der Waals surface area contributed by atoms with Gasteiger partial charge in [0, 0.05) is 6.07 Å². The van der Waals surface area contributed by atoms with Gasteiger partial charge in [0.05, 0.1) is 16.2 Å². The van der Waals surface area contributed by atoms with E-state index in [1.807, 2.05) is 0 Å². The van der Waals surface area contributed by atoms with Crippen molar-refractivity contribution in [2.45, 2.75) is 6.92 Å². The van der Waals surface area contributed by atoms with Crippen molar-refractivity contribution < 1.29 is 14.1 Å². The fourth-order valence-corrected chi connectivity index (χ4v) is 2.34. The Kier molecular flexibility index (Phi) is 4.32. The van der Waals surface area contributed by atoms with Gasteiger partial charge in [-0.3, -0.25) is 14.9 Å². The normalized spacial score (nSPS) is 10.2. The number of carbonyl (C=O) groups is 1. The second-order valence-corrected chi connectivity index (χ2v) is 5.13. The van der Waals surface area contributed by atoms with Crippen molar-refractivity contribution in [2.75, 3.05) is 5.32 Å². The largest absolute Gasteiger partial charge is 0.319 e. The van der Waals surface area contributed by atoms with Gasteiger partial charge in [0.25, 0.3) is 11.6 Å². The van der Waals surface area contributed by atoms with Gasteiger partial charge in [-0.2, -0.15) is 0 Å². The molecule has 0 saturated heterocycles. The number of nitro benzene ring substituents is 1. The van der Waals surface area contributed by atoms with Gasteiger partial charge < -0.3 is 5.32 Å². The maximum Gasteiger partial charge on any atom is 0.284 e. The van der Waals surface area contributed by atoms with Gasteiger partial charge in [0.15, 0.2) is 0 Å². The fraction of sp³-hybridized carbons (Fsp3) is 0.0714. The minimum absolute atomic E-state index is 0.0176.